The van der Waals surface area contributed by atoms with Gasteiger partial charge in [-0.3, -0.25) is 4.90 Å². The second-order valence-corrected chi connectivity index (χ2v) is 5.21. The van der Waals surface area contributed by atoms with Crippen LogP contribution in [0.25, 0.3) is 0 Å². The van der Waals surface area contributed by atoms with E-state index in [-0.39, 0.29) is 6.61 Å². The maximum atomic E-state index is 8.69. The Kier molecular flexibility index (Phi) is 6.07. The van der Waals surface area contributed by atoms with E-state index < -0.39 is 0 Å². The van der Waals surface area contributed by atoms with Crippen molar-refractivity contribution in [3.63, 3.8) is 0 Å². The highest BCUT2D eigenvalue weighted by Gasteiger charge is 2.19. The van der Waals surface area contributed by atoms with Crippen molar-refractivity contribution < 1.29 is 9.84 Å². The molecular weight excluding hydrogens is 250 g/mol. The zero-order valence-corrected chi connectivity index (χ0v) is 12.1. The number of hydrogen-bond acceptors (Lipinski definition) is 3. The van der Waals surface area contributed by atoms with Gasteiger partial charge in [-0.05, 0) is 37.1 Å². The Morgan fingerprint density at radius 3 is 2.85 bits per heavy atom. The Balaban J connectivity index is 1.89. The van der Waals surface area contributed by atoms with Crippen LogP contribution in [0.3, 0.4) is 0 Å². The summed E-state index contributed by atoms with van der Waals surface area (Å²) in [4.78, 5) is 2.45. The highest BCUT2D eigenvalue weighted by Crippen LogP contribution is 2.15. The van der Waals surface area contributed by atoms with Crippen LogP contribution in [0.15, 0.2) is 24.3 Å². The number of rotatable bonds is 4. The highest BCUT2D eigenvalue weighted by molar-refractivity contribution is 5.36. The van der Waals surface area contributed by atoms with Crippen LogP contribution in [-0.2, 0) is 11.3 Å². The minimum atomic E-state index is 0.126. The first kappa shape index (κ1) is 15.1. The van der Waals surface area contributed by atoms with Gasteiger partial charge in [0.1, 0.15) is 0 Å². The fourth-order valence-corrected chi connectivity index (χ4v) is 2.52. The van der Waals surface area contributed by atoms with Gasteiger partial charge in [-0.2, -0.15) is 0 Å². The molecule has 1 heterocycles. The average molecular weight is 273 g/mol. The lowest BCUT2D eigenvalue weighted by Gasteiger charge is -2.31. The highest BCUT2D eigenvalue weighted by atomic mass is 16.5. The summed E-state index contributed by atoms with van der Waals surface area (Å²) in [6, 6.07) is 8.38. The fourth-order valence-electron chi connectivity index (χ4n) is 2.52. The van der Waals surface area contributed by atoms with Crippen LogP contribution in [0.1, 0.15) is 30.4 Å². The molecule has 1 fully saturated rings. The quantitative estimate of drug-likeness (QED) is 0.852. The topological polar surface area (TPSA) is 32.7 Å². The van der Waals surface area contributed by atoms with E-state index in [0.29, 0.717) is 12.5 Å². The van der Waals surface area contributed by atoms with E-state index in [9.17, 15) is 0 Å². The van der Waals surface area contributed by atoms with Crippen LogP contribution in [0, 0.1) is 11.8 Å². The van der Waals surface area contributed by atoms with Gasteiger partial charge < -0.3 is 9.84 Å². The van der Waals surface area contributed by atoms with Gasteiger partial charge in [-0.1, -0.05) is 24.0 Å². The number of hydrogen-bond donors (Lipinski definition) is 1. The number of benzene rings is 1. The SMILES string of the molecule is COC1CCCN(Cc2ccc(C#CCCO)cc2)C1. The van der Waals surface area contributed by atoms with Crippen molar-refractivity contribution >= 4 is 0 Å². The number of aliphatic hydroxyl groups is 1. The molecule has 1 N–H and O–H groups in total. The van der Waals surface area contributed by atoms with Crippen molar-refractivity contribution in [2.24, 2.45) is 0 Å². The molecule has 1 aromatic carbocycles. The van der Waals surface area contributed by atoms with Crippen molar-refractivity contribution in [2.45, 2.75) is 31.9 Å². The minimum absolute atomic E-state index is 0.126. The molecule has 108 valence electrons. The monoisotopic (exact) mass is 273 g/mol. The Bertz CT molecular complexity index is 458. The number of nitrogens with zero attached hydrogens (tertiary/aromatic N) is 1. The lowest BCUT2D eigenvalue weighted by molar-refractivity contribution is 0.0285. The molecule has 0 amide bonds. The third kappa shape index (κ3) is 4.64. The summed E-state index contributed by atoms with van der Waals surface area (Å²) in [7, 11) is 1.80. The lowest BCUT2D eigenvalue weighted by Crippen LogP contribution is -2.38. The zero-order valence-electron chi connectivity index (χ0n) is 12.1. The molecule has 0 spiro atoms. The molecule has 20 heavy (non-hydrogen) atoms. The first-order valence-electron chi connectivity index (χ1n) is 7.25. The number of methoxy groups -OCH3 is 1. The van der Waals surface area contributed by atoms with Gasteiger partial charge >= 0.3 is 0 Å². The number of likely N-dealkylation sites (tertiary alicyclic amines) is 1. The molecule has 0 aromatic heterocycles. The van der Waals surface area contributed by atoms with Gasteiger partial charge in [0.2, 0.25) is 0 Å². The Hall–Kier alpha value is -1.34. The third-order valence-corrected chi connectivity index (χ3v) is 3.63. The van der Waals surface area contributed by atoms with E-state index in [1.54, 1.807) is 7.11 Å². The van der Waals surface area contributed by atoms with Crippen LogP contribution in [0.5, 0.6) is 0 Å². The summed E-state index contributed by atoms with van der Waals surface area (Å²) >= 11 is 0. The summed E-state index contributed by atoms with van der Waals surface area (Å²) < 4.78 is 5.45. The first-order valence-corrected chi connectivity index (χ1v) is 7.25. The van der Waals surface area contributed by atoms with Crippen LogP contribution in [0.2, 0.25) is 0 Å². The minimum Gasteiger partial charge on any atom is -0.395 e. The number of ether oxygens (including phenoxy) is 1. The second kappa shape index (κ2) is 8.06. The van der Waals surface area contributed by atoms with Crippen LogP contribution in [-0.4, -0.2) is 42.9 Å². The molecule has 1 saturated heterocycles. The fraction of sp³-hybridized carbons (Fsp3) is 0.529. The molecule has 1 aromatic rings. The molecule has 2 rings (SSSR count). The zero-order chi connectivity index (χ0) is 14.2. The summed E-state index contributed by atoms with van der Waals surface area (Å²) in [5.41, 5.74) is 2.32. The number of piperidine rings is 1. The van der Waals surface area contributed by atoms with E-state index in [0.717, 1.165) is 25.2 Å². The molecule has 0 bridgehead atoms. The largest absolute Gasteiger partial charge is 0.395 e. The first-order chi connectivity index (χ1) is 9.81. The molecule has 1 atom stereocenters. The van der Waals surface area contributed by atoms with Crippen LogP contribution < -0.4 is 0 Å². The van der Waals surface area contributed by atoms with Crippen molar-refractivity contribution in [1.82, 2.24) is 4.90 Å². The van der Waals surface area contributed by atoms with Crippen LogP contribution in [0.4, 0.5) is 0 Å². The molecular formula is C17H23NO2. The smallest absolute Gasteiger partial charge is 0.0698 e. The molecule has 1 aliphatic heterocycles. The van der Waals surface area contributed by atoms with Gasteiger partial charge in [-0.25, -0.2) is 0 Å². The van der Waals surface area contributed by atoms with E-state index in [4.69, 9.17) is 9.84 Å². The van der Waals surface area contributed by atoms with E-state index in [2.05, 4.69) is 41.0 Å². The van der Waals surface area contributed by atoms with Gasteiger partial charge in [0.05, 0.1) is 12.7 Å². The lowest BCUT2D eigenvalue weighted by atomic mass is 10.1. The molecule has 3 nitrogen and oxygen atoms in total. The molecule has 1 aliphatic rings. The third-order valence-electron chi connectivity index (χ3n) is 3.63. The van der Waals surface area contributed by atoms with Crippen molar-refractivity contribution in [3.05, 3.63) is 35.4 Å². The van der Waals surface area contributed by atoms with Crippen molar-refractivity contribution in [2.75, 3.05) is 26.8 Å². The molecule has 3 heteroatoms. The second-order valence-electron chi connectivity index (χ2n) is 5.21. The maximum Gasteiger partial charge on any atom is 0.0698 e. The van der Waals surface area contributed by atoms with Gasteiger partial charge in [0.25, 0.3) is 0 Å². The molecule has 0 saturated carbocycles. The summed E-state index contributed by atoms with van der Waals surface area (Å²) in [5.74, 6) is 5.99. The van der Waals surface area contributed by atoms with Gasteiger partial charge in [0, 0.05) is 32.2 Å². The standard InChI is InChI=1S/C17H23NO2/c1-20-17-6-4-11-18(14-17)13-16-9-7-15(8-10-16)5-2-3-12-19/h7-10,17,19H,3-4,6,11-14H2,1H3. The summed E-state index contributed by atoms with van der Waals surface area (Å²) in [6.45, 7) is 3.28. The normalized spacial score (nSPS) is 19.4. The van der Waals surface area contributed by atoms with Crippen LogP contribution >= 0.6 is 0 Å². The van der Waals surface area contributed by atoms with Crippen molar-refractivity contribution in [3.8, 4) is 11.8 Å². The van der Waals surface area contributed by atoms with Gasteiger partial charge in [-0.15, -0.1) is 0 Å². The van der Waals surface area contributed by atoms with E-state index in [1.165, 1.54) is 18.4 Å². The maximum absolute atomic E-state index is 8.69. The molecule has 0 aliphatic carbocycles. The summed E-state index contributed by atoms with van der Waals surface area (Å²) in [6.07, 6.45) is 3.30. The Morgan fingerprint density at radius 1 is 1.35 bits per heavy atom. The van der Waals surface area contributed by atoms with Crippen molar-refractivity contribution in [1.29, 1.82) is 0 Å². The predicted molar refractivity (Wildman–Crippen MR) is 80.3 cm³/mol. The Labute approximate surface area is 121 Å². The van der Waals surface area contributed by atoms with E-state index >= 15 is 0 Å². The molecule has 1 unspecified atom stereocenters. The number of aliphatic hydroxyl groups excluding tert-OH is 1. The van der Waals surface area contributed by atoms with E-state index in [1.807, 2.05) is 0 Å². The molecule has 0 radical (unpaired) electrons. The predicted octanol–water partition coefficient (Wildman–Crippen LogP) is 2.03. The average Bonchev–Trinajstić information content (AvgIpc) is 2.49. The van der Waals surface area contributed by atoms with Gasteiger partial charge in [0.15, 0.2) is 0 Å². The summed E-state index contributed by atoms with van der Waals surface area (Å²) in [5, 5.41) is 8.69. The Morgan fingerprint density at radius 2 is 2.15 bits per heavy atom.